The van der Waals surface area contributed by atoms with Gasteiger partial charge in [-0.25, -0.2) is 0 Å². The lowest BCUT2D eigenvalue weighted by Gasteiger charge is -2.36. The van der Waals surface area contributed by atoms with Gasteiger partial charge in [-0.15, -0.1) is 0 Å². The van der Waals surface area contributed by atoms with Crippen molar-refractivity contribution in [2.24, 2.45) is 0 Å². The fraction of sp³-hybridized carbons (Fsp3) is 0.286. The van der Waals surface area contributed by atoms with Gasteiger partial charge in [0.1, 0.15) is 5.75 Å². The third-order valence-corrected chi connectivity index (χ3v) is 9.74. The summed E-state index contributed by atoms with van der Waals surface area (Å²) in [4.78, 5) is 13.7. The van der Waals surface area contributed by atoms with E-state index in [2.05, 4.69) is 33.9 Å². The Hall–Kier alpha value is -2.04. The summed E-state index contributed by atoms with van der Waals surface area (Å²) < 4.78 is 6.41. The zero-order valence-electron chi connectivity index (χ0n) is 15.8. The van der Waals surface area contributed by atoms with Crippen LogP contribution in [0.5, 0.6) is 5.75 Å². The van der Waals surface area contributed by atoms with Crippen molar-refractivity contribution in [1.29, 1.82) is 0 Å². The molecule has 0 unspecified atom stereocenters. The molecule has 0 atom stereocenters. The smallest absolute Gasteiger partial charge is 0.325 e. The van der Waals surface area contributed by atoms with E-state index in [1.54, 1.807) is 4.90 Å². The summed E-state index contributed by atoms with van der Waals surface area (Å²) in [6.45, 7) is 11.1. The number of carbonyl (C=O) groups is 1. The van der Waals surface area contributed by atoms with Crippen LogP contribution in [0, 0.1) is 0 Å². The molecule has 1 aliphatic rings. The van der Waals surface area contributed by atoms with Crippen LogP contribution >= 0.6 is 11.6 Å². The van der Waals surface area contributed by atoms with Crippen LogP contribution < -0.4 is 9.33 Å². The first-order valence-corrected chi connectivity index (χ1v) is 12.0. The first-order valence-electron chi connectivity index (χ1n) is 8.70. The summed E-state index contributed by atoms with van der Waals surface area (Å²) in [6, 6.07) is 13.5. The van der Waals surface area contributed by atoms with E-state index in [0.29, 0.717) is 0 Å². The molecular weight excluding hydrogens is 362 g/mol. The Bertz CT molecular complexity index is 884. The van der Waals surface area contributed by atoms with Gasteiger partial charge in [0.05, 0.1) is 11.4 Å². The number of nitrogens with zero attached hydrogens (tertiary/aromatic N) is 1. The molecule has 5 heteroatoms. The fourth-order valence-corrected chi connectivity index (χ4v) is 3.92. The molecule has 3 nitrogen and oxygen atoms in total. The number of fused-ring (bicyclic) bond motifs is 2. The van der Waals surface area contributed by atoms with Crippen molar-refractivity contribution in [2.75, 3.05) is 4.90 Å². The largest absolute Gasteiger partial charge is 0.543 e. The minimum Gasteiger partial charge on any atom is -0.543 e. The van der Waals surface area contributed by atoms with Crippen LogP contribution in [0.15, 0.2) is 42.5 Å². The van der Waals surface area contributed by atoms with Gasteiger partial charge in [0.2, 0.25) is 8.32 Å². The first kappa shape index (κ1) is 18.7. The summed E-state index contributed by atoms with van der Waals surface area (Å²) >= 11 is 5.93. The van der Waals surface area contributed by atoms with Crippen LogP contribution in [0.1, 0.15) is 31.9 Å². The molecule has 0 N–H and O–H groups in total. The van der Waals surface area contributed by atoms with Gasteiger partial charge >= 0.3 is 5.37 Å². The zero-order valence-corrected chi connectivity index (χ0v) is 17.6. The number of hydrogen-bond acceptors (Lipinski definition) is 2. The maximum Gasteiger partial charge on any atom is 0.325 e. The highest BCUT2D eigenvalue weighted by molar-refractivity contribution is 6.74. The molecule has 0 saturated heterocycles. The number of benzene rings is 2. The molecule has 0 saturated carbocycles. The van der Waals surface area contributed by atoms with Gasteiger partial charge in [-0.3, -0.25) is 9.69 Å². The van der Waals surface area contributed by atoms with Crippen molar-refractivity contribution in [1.82, 2.24) is 0 Å². The van der Waals surface area contributed by atoms with E-state index in [1.165, 1.54) is 0 Å². The normalized spacial score (nSPS) is 13.7. The van der Waals surface area contributed by atoms with Crippen molar-refractivity contribution in [2.45, 2.75) is 38.9 Å². The van der Waals surface area contributed by atoms with Crippen molar-refractivity contribution >= 4 is 48.8 Å². The van der Waals surface area contributed by atoms with Crippen LogP contribution in [0.2, 0.25) is 18.1 Å². The SMILES string of the molecule is CC(C)(C)[Si](C)(C)Oc1ccc2c(c1)C=Cc1ccccc1N2C(=O)Cl. The van der Waals surface area contributed by atoms with Crippen molar-refractivity contribution in [3.8, 4) is 5.75 Å². The average molecular weight is 386 g/mol. The molecule has 3 rings (SSSR count). The topological polar surface area (TPSA) is 29.5 Å². The fourth-order valence-electron chi connectivity index (χ4n) is 2.71. The van der Waals surface area contributed by atoms with Crippen LogP contribution in [0.4, 0.5) is 16.2 Å². The lowest BCUT2D eigenvalue weighted by atomic mass is 10.1. The molecule has 2 aromatic carbocycles. The molecule has 0 radical (unpaired) electrons. The van der Waals surface area contributed by atoms with Crippen molar-refractivity contribution in [3.05, 3.63) is 53.6 Å². The van der Waals surface area contributed by atoms with E-state index in [0.717, 1.165) is 28.3 Å². The Balaban J connectivity index is 2.06. The second-order valence-corrected chi connectivity index (χ2v) is 13.1. The van der Waals surface area contributed by atoms with E-state index >= 15 is 0 Å². The maximum absolute atomic E-state index is 12.2. The first-order chi connectivity index (χ1) is 12.1. The van der Waals surface area contributed by atoms with Gasteiger partial charge in [-0.1, -0.05) is 51.1 Å². The second kappa shape index (κ2) is 6.60. The lowest BCUT2D eigenvalue weighted by Crippen LogP contribution is -2.43. The molecule has 0 aromatic heterocycles. The predicted octanol–water partition coefficient (Wildman–Crippen LogP) is 7.05. The van der Waals surface area contributed by atoms with E-state index in [9.17, 15) is 4.79 Å². The number of carbonyl (C=O) groups excluding carboxylic acids is 1. The number of hydrogen-bond donors (Lipinski definition) is 0. The Morgan fingerprint density at radius 1 is 1.00 bits per heavy atom. The van der Waals surface area contributed by atoms with Crippen LogP contribution in [-0.4, -0.2) is 13.7 Å². The minimum absolute atomic E-state index is 0.115. The van der Waals surface area contributed by atoms with Gasteiger partial charge in [0.25, 0.3) is 0 Å². The standard InChI is InChI=1S/C21H24ClNO2Si/c1-21(2,3)26(4,5)25-17-12-13-19-16(14-17)11-10-15-8-6-7-9-18(15)23(19)20(22)24/h6-14H,1-5H3. The highest BCUT2D eigenvalue weighted by Gasteiger charge is 2.39. The van der Waals surface area contributed by atoms with Gasteiger partial charge in [0.15, 0.2) is 0 Å². The van der Waals surface area contributed by atoms with Gasteiger partial charge in [-0.2, -0.15) is 0 Å². The third-order valence-electron chi connectivity index (χ3n) is 5.22. The van der Waals surface area contributed by atoms with Crippen LogP contribution in [0.25, 0.3) is 12.2 Å². The average Bonchev–Trinajstić information content (AvgIpc) is 2.70. The molecule has 0 spiro atoms. The number of para-hydroxylation sites is 1. The van der Waals surface area contributed by atoms with Crippen molar-refractivity contribution < 1.29 is 9.22 Å². The van der Waals surface area contributed by atoms with Crippen LogP contribution in [-0.2, 0) is 0 Å². The molecule has 1 heterocycles. The van der Waals surface area contributed by atoms with E-state index in [-0.39, 0.29) is 5.04 Å². The zero-order chi connectivity index (χ0) is 19.1. The molecule has 0 fully saturated rings. The molecule has 26 heavy (non-hydrogen) atoms. The van der Waals surface area contributed by atoms with Gasteiger partial charge < -0.3 is 4.43 Å². The number of rotatable bonds is 2. The van der Waals surface area contributed by atoms with E-state index in [4.69, 9.17) is 16.0 Å². The highest BCUT2D eigenvalue weighted by Crippen LogP contribution is 2.41. The Labute approximate surface area is 161 Å². The summed E-state index contributed by atoms with van der Waals surface area (Å²) in [5, 5.41) is -0.412. The van der Waals surface area contributed by atoms with Crippen molar-refractivity contribution in [3.63, 3.8) is 0 Å². The maximum atomic E-state index is 12.2. The van der Waals surface area contributed by atoms with Gasteiger partial charge in [0, 0.05) is 5.56 Å². The summed E-state index contributed by atoms with van der Waals surface area (Å²) in [5.41, 5.74) is 3.39. The Kier molecular flexibility index (Phi) is 4.76. The quantitative estimate of drug-likeness (QED) is 0.315. The summed E-state index contributed by atoms with van der Waals surface area (Å²) in [7, 11) is -1.94. The lowest BCUT2D eigenvalue weighted by molar-refractivity contribution is 0.266. The molecule has 1 aliphatic heterocycles. The highest BCUT2D eigenvalue weighted by atomic mass is 35.5. The minimum atomic E-state index is -1.94. The Morgan fingerprint density at radius 3 is 2.27 bits per heavy atom. The number of halogens is 1. The number of anilines is 2. The molecule has 0 bridgehead atoms. The van der Waals surface area contributed by atoms with Gasteiger partial charge in [-0.05, 0) is 59.6 Å². The van der Waals surface area contributed by atoms with E-state index in [1.807, 2.05) is 54.6 Å². The third kappa shape index (κ3) is 3.44. The molecule has 0 aliphatic carbocycles. The van der Waals surface area contributed by atoms with E-state index < -0.39 is 13.7 Å². The molecule has 1 amide bonds. The molecular formula is C21H24ClNO2Si. The Morgan fingerprint density at radius 2 is 1.62 bits per heavy atom. The predicted molar refractivity (Wildman–Crippen MR) is 113 cm³/mol. The molecule has 136 valence electrons. The molecule has 2 aromatic rings. The monoisotopic (exact) mass is 385 g/mol. The summed E-state index contributed by atoms with van der Waals surface area (Å²) in [6.07, 6.45) is 4.01. The van der Waals surface area contributed by atoms with Crippen LogP contribution in [0.3, 0.4) is 0 Å². The number of amides is 1. The summed E-state index contributed by atoms with van der Waals surface area (Å²) in [5.74, 6) is 0.827. The second-order valence-electron chi connectivity index (χ2n) is 8.06.